The van der Waals surface area contributed by atoms with Crippen LogP contribution in [0.15, 0.2) is 36.4 Å². The van der Waals surface area contributed by atoms with E-state index >= 15 is 0 Å². The van der Waals surface area contributed by atoms with E-state index in [0.717, 1.165) is 38.0 Å². The summed E-state index contributed by atoms with van der Waals surface area (Å²) in [7, 11) is 0. The predicted octanol–water partition coefficient (Wildman–Crippen LogP) is 3.51. The molecule has 0 N–H and O–H groups in total. The van der Waals surface area contributed by atoms with Gasteiger partial charge in [0.25, 0.3) is 0 Å². The first kappa shape index (κ1) is 16.0. The Bertz CT molecular complexity index is 229. The van der Waals surface area contributed by atoms with E-state index in [0.29, 0.717) is 0 Å². The van der Waals surface area contributed by atoms with Crippen LogP contribution in [0, 0.1) is 0 Å². The van der Waals surface area contributed by atoms with Crippen LogP contribution in [-0.4, -0.2) is 6.29 Å². The molecule has 0 aliphatic rings. The molecule has 73 valence electrons. The molecule has 0 radical (unpaired) electrons. The van der Waals surface area contributed by atoms with Gasteiger partial charge < -0.3 is 0 Å². The normalized spacial score (nSPS) is 8.07. The zero-order valence-electron chi connectivity index (χ0n) is 9.23. The fourth-order valence-electron chi connectivity index (χ4n) is 0.715. The number of hydrogen-bond donors (Lipinski definition) is 0. The molecule has 0 spiro atoms. The number of allylic oxidation sites excluding steroid dienone is 1. The number of carbonyl (C=O) groups excluding carboxylic acids is 1. The second-order valence-corrected chi connectivity index (χ2v) is 1.91. The zero-order chi connectivity index (χ0) is 11.2. The van der Waals surface area contributed by atoms with Crippen molar-refractivity contribution in [3.05, 3.63) is 42.0 Å². The van der Waals surface area contributed by atoms with Crippen LogP contribution in [0.3, 0.4) is 0 Å². The van der Waals surface area contributed by atoms with Crippen LogP contribution in [0.5, 0.6) is 0 Å². The topological polar surface area (TPSA) is 17.1 Å². The Balaban J connectivity index is 0. The van der Waals surface area contributed by atoms with Gasteiger partial charge in [-0.25, -0.2) is 0 Å². The minimum atomic E-state index is 0.771. The van der Waals surface area contributed by atoms with Gasteiger partial charge in [-0.05, 0) is 11.6 Å². The molecule has 1 rings (SSSR count). The number of benzene rings is 1. The Hall–Kier alpha value is -0.435. The number of carbonyl (C=O) groups is 1. The molecule has 0 saturated heterocycles. The van der Waals surface area contributed by atoms with Gasteiger partial charge in [0, 0.05) is 0 Å². The third-order valence-corrected chi connectivity index (χ3v) is 1.17. The second-order valence-electron chi connectivity index (χ2n) is 1.91. The van der Waals surface area contributed by atoms with Crippen molar-refractivity contribution in [2.24, 2.45) is 0 Å². The van der Waals surface area contributed by atoms with Crippen LogP contribution >= 0.6 is 0 Å². The maximum atomic E-state index is 9.89. The quantitative estimate of drug-likeness (QED) is 0.438. The molecule has 1 aromatic carbocycles. The minimum absolute atomic E-state index is 0.771. The van der Waals surface area contributed by atoms with Gasteiger partial charge in [-0.2, -0.15) is 0 Å². The van der Waals surface area contributed by atoms with E-state index in [2.05, 4.69) is 4.43 Å². The summed E-state index contributed by atoms with van der Waals surface area (Å²) in [5, 5.41) is 0. The van der Waals surface area contributed by atoms with E-state index in [-0.39, 0.29) is 0 Å². The van der Waals surface area contributed by atoms with Crippen molar-refractivity contribution in [1.82, 2.24) is 0 Å². The fourth-order valence-corrected chi connectivity index (χ4v) is 0.715. The summed E-state index contributed by atoms with van der Waals surface area (Å²) in [6, 6.07) is 9.70. The fraction of sp³-hybridized carbons (Fsp3) is 0.250. The Morgan fingerprint density at radius 3 is 2.00 bits per heavy atom. The average molecular weight is 378 g/mol. The Morgan fingerprint density at radius 2 is 1.57 bits per heavy atom. The number of rotatable bonds is 2. The van der Waals surface area contributed by atoms with Crippen molar-refractivity contribution in [2.75, 3.05) is 0 Å². The van der Waals surface area contributed by atoms with Crippen LogP contribution in [0.4, 0.5) is 0 Å². The second kappa shape index (κ2) is 15.1. The molecule has 0 amide bonds. The van der Waals surface area contributed by atoms with Gasteiger partial charge in [0.05, 0.1) is 0 Å². The van der Waals surface area contributed by atoms with Crippen molar-refractivity contribution < 1.29 is 30.9 Å². The van der Waals surface area contributed by atoms with E-state index in [1.807, 2.05) is 44.2 Å². The van der Waals surface area contributed by atoms with Gasteiger partial charge in [-0.1, -0.05) is 50.3 Å². The molecular weight excluding hydrogens is 361 g/mol. The first-order chi connectivity index (χ1) is 6.93. The molecule has 1 nitrogen and oxygen atoms in total. The summed E-state index contributed by atoms with van der Waals surface area (Å²) in [6.07, 6.45) is 4.02. The molecular formula is C12H17HgO. The Morgan fingerprint density at radius 1 is 1.07 bits per heavy atom. The predicted molar refractivity (Wildman–Crippen MR) is 58.8 cm³/mol. The average Bonchev–Trinajstić information content (AvgIpc) is 2.33. The van der Waals surface area contributed by atoms with Crippen molar-refractivity contribution in [1.29, 1.82) is 0 Å². The molecule has 0 aromatic heterocycles. The first-order valence-electron chi connectivity index (χ1n) is 4.81. The third-order valence-electron chi connectivity index (χ3n) is 1.17. The van der Waals surface area contributed by atoms with Gasteiger partial charge in [0.15, 0.2) is 0 Å². The van der Waals surface area contributed by atoms with Crippen LogP contribution in [0.25, 0.3) is 6.08 Å². The van der Waals surface area contributed by atoms with Crippen molar-refractivity contribution in [3.8, 4) is 0 Å². The van der Waals surface area contributed by atoms with Gasteiger partial charge in [-0.3, -0.25) is 4.79 Å². The molecule has 2 heteroatoms. The molecule has 14 heavy (non-hydrogen) atoms. The van der Waals surface area contributed by atoms with Crippen molar-refractivity contribution in [2.45, 2.75) is 18.3 Å². The first-order valence-corrected chi connectivity index (χ1v) is 10.3. The van der Waals surface area contributed by atoms with E-state index in [9.17, 15) is 4.79 Å². The summed E-state index contributed by atoms with van der Waals surface area (Å²) >= 11 is 1.03. The molecule has 0 aliphatic heterocycles. The molecule has 0 fully saturated rings. The van der Waals surface area contributed by atoms with E-state index in [1.165, 1.54) is 6.08 Å². The third kappa shape index (κ3) is 9.65. The maximum absolute atomic E-state index is 9.89. The van der Waals surface area contributed by atoms with Crippen molar-refractivity contribution in [3.63, 3.8) is 0 Å². The SMILES string of the molecule is CC.O=C/C=C/c1ccccc1.[CH3][Hg]. The van der Waals surface area contributed by atoms with Crippen LogP contribution in [-0.2, 0) is 30.9 Å². The van der Waals surface area contributed by atoms with Crippen LogP contribution < -0.4 is 0 Å². The van der Waals surface area contributed by atoms with E-state index < -0.39 is 0 Å². The van der Waals surface area contributed by atoms with Crippen molar-refractivity contribution >= 4 is 12.4 Å². The van der Waals surface area contributed by atoms with Gasteiger partial charge in [-0.15, -0.1) is 0 Å². The summed E-state index contributed by atoms with van der Waals surface area (Å²) < 4.78 is 2.19. The van der Waals surface area contributed by atoms with Crippen LogP contribution in [0.1, 0.15) is 19.4 Å². The van der Waals surface area contributed by atoms with Gasteiger partial charge >= 0.3 is 30.6 Å². The Kier molecular flexibility index (Phi) is 17.2. The Labute approximate surface area is 103 Å². The molecule has 0 heterocycles. The van der Waals surface area contributed by atoms with Crippen LogP contribution in [0.2, 0.25) is 4.43 Å². The number of hydrogen-bond acceptors (Lipinski definition) is 1. The molecule has 1 aromatic rings. The standard InChI is InChI=1S/C9H8O.C2H6.CH3.Hg/c10-8-4-7-9-5-2-1-3-6-9;1-2;;/h1-8H;1-2H3;1H3;/b7-4+;;;. The molecule has 0 atom stereocenters. The van der Waals surface area contributed by atoms with Gasteiger partial charge in [0.1, 0.15) is 6.29 Å². The monoisotopic (exact) mass is 379 g/mol. The summed E-state index contributed by atoms with van der Waals surface area (Å²) in [5.41, 5.74) is 1.05. The zero-order valence-corrected chi connectivity index (χ0v) is 14.7. The molecule has 0 unspecified atom stereocenters. The molecule has 0 bridgehead atoms. The summed E-state index contributed by atoms with van der Waals surface area (Å²) in [5.74, 6) is 0. The van der Waals surface area contributed by atoms with Gasteiger partial charge in [0.2, 0.25) is 0 Å². The summed E-state index contributed by atoms with van der Waals surface area (Å²) in [6.45, 7) is 4.00. The summed E-state index contributed by atoms with van der Waals surface area (Å²) in [4.78, 5) is 9.89. The molecule has 0 saturated carbocycles. The molecule has 0 aliphatic carbocycles. The van der Waals surface area contributed by atoms with E-state index in [4.69, 9.17) is 0 Å². The van der Waals surface area contributed by atoms with E-state index in [1.54, 1.807) is 6.08 Å². The number of aldehydes is 1.